The van der Waals surface area contributed by atoms with Gasteiger partial charge in [0.15, 0.2) is 0 Å². The van der Waals surface area contributed by atoms with Crippen molar-refractivity contribution in [2.45, 2.75) is 71.8 Å². The van der Waals surface area contributed by atoms with E-state index in [0.29, 0.717) is 12.2 Å². The fourth-order valence-electron chi connectivity index (χ4n) is 2.23. The summed E-state index contributed by atoms with van der Waals surface area (Å²) in [5, 5.41) is 20.7. The Bertz CT molecular complexity index is 412. The number of hydrogen-bond donors (Lipinski definition) is 2. The predicted octanol–water partition coefficient (Wildman–Crippen LogP) is 4.43. The maximum atomic E-state index is 10.6. The van der Waals surface area contributed by atoms with Crippen LogP contribution in [0.3, 0.4) is 0 Å². The van der Waals surface area contributed by atoms with Crippen molar-refractivity contribution < 1.29 is 10.2 Å². The first kappa shape index (κ1) is 16.0. The van der Waals surface area contributed by atoms with Crippen LogP contribution in [0, 0.1) is 0 Å². The van der Waals surface area contributed by atoms with Crippen molar-refractivity contribution in [3.8, 4) is 5.75 Å². The van der Waals surface area contributed by atoms with E-state index in [1.807, 2.05) is 19.1 Å². The first-order valence-corrected chi connectivity index (χ1v) is 7.04. The zero-order valence-electron chi connectivity index (χ0n) is 13.3. The monoisotopic (exact) mass is 264 g/mol. The van der Waals surface area contributed by atoms with Crippen molar-refractivity contribution in [3.05, 3.63) is 28.8 Å². The minimum atomic E-state index is -0.470. The molecule has 1 unspecified atom stereocenters. The highest BCUT2D eigenvalue weighted by Gasteiger charge is 2.27. The molecule has 1 aromatic rings. The van der Waals surface area contributed by atoms with Gasteiger partial charge in [0.25, 0.3) is 0 Å². The van der Waals surface area contributed by atoms with Gasteiger partial charge in [0, 0.05) is 0 Å². The number of phenolic OH excluding ortho intramolecular Hbond substituents is 1. The lowest BCUT2D eigenvalue weighted by Gasteiger charge is -2.29. The maximum absolute atomic E-state index is 10.6. The van der Waals surface area contributed by atoms with Crippen LogP contribution in [-0.4, -0.2) is 10.2 Å². The molecule has 0 aliphatic rings. The van der Waals surface area contributed by atoms with Gasteiger partial charge in [-0.05, 0) is 46.1 Å². The number of aliphatic hydroxyl groups is 1. The molecule has 0 aliphatic carbocycles. The second-order valence-corrected chi connectivity index (χ2v) is 7.39. The normalized spacial score (nSPS) is 14.5. The molecule has 0 aromatic heterocycles. The fraction of sp³-hybridized carbons (Fsp3) is 0.647. The predicted molar refractivity (Wildman–Crippen MR) is 80.8 cm³/mol. The highest BCUT2D eigenvalue weighted by Crippen LogP contribution is 2.41. The minimum absolute atomic E-state index is 0.145. The average molecular weight is 264 g/mol. The Morgan fingerprint density at radius 1 is 0.947 bits per heavy atom. The molecule has 0 saturated carbocycles. The summed E-state index contributed by atoms with van der Waals surface area (Å²) in [6.07, 6.45) is 0.209. The van der Waals surface area contributed by atoms with E-state index in [4.69, 9.17) is 0 Å². The first-order valence-electron chi connectivity index (χ1n) is 7.04. The van der Waals surface area contributed by atoms with Gasteiger partial charge in [0.2, 0.25) is 0 Å². The Morgan fingerprint density at radius 2 is 1.32 bits per heavy atom. The van der Waals surface area contributed by atoms with Crippen LogP contribution in [0.2, 0.25) is 0 Å². The Balaban J connectivity index is 3.57. The molecule has 0 aliphatic heterocycles. The fourth-order valence-corrected chi connectivity index (χ4v) is 2.23. The van der Waals surface area contributed by atoms with E-state index in [1.165, 1.54) is 0 Å². The molecule has 2 nitrogen and oxygen atoms in total. The van der Waals surface area contributed by atoms with Crippen LogP contribution in [0.4, 0.5) is 0 Å². The molecular formula is C17H28O2. The number of rotatable bonds is 2. The number of aromatic hydroxyl groups is 1. The van der Waals surface area contributed by atoms with Crippen LogP contribution >= 0.6 is 0 Å². The number of benzene rings is 1. The third-order valence-corrected chi connectivity index (χ3v) is 3.52. The molecule has 0 bridgehead atoms. The van der Waals surface area contributed by atoms with E-state index in [1.54, 1.807) is 0 Å². The molecule has 0 fully saturated rings. The molecular weight excluding hydrogens is 236 g/mol. The highest BCUT2D eigenvalue weighted by molar-refractivity contribution is 5.50. The Hall–Kier alpha value is -1.02. The Labute approximate surface area is 117 Å². The molecule has 108 valence electrons. The standard InChI is InChI=1S/C17H28O2/c1-8-14(18)11-9-12(16(2,3)4)15(19)13(10-11)17(5,6)7/h9-10,14,18-19H,8H2,1-7H3. The van der Waals surface area contributed by atoms with Crippen LogP contribution in [0.5, 0.6) is 5.75 Å². The molecule has 1 aromatic carbocycles. The first-order chi connectivity index (χ1) is 8.48. The van der Waals surface area contributed by atoms with Gasteiger partial charge >= 0.3 is 0 Å². The van der Waals surface area contributed by atoms with Gasteiger partial charge in [0.1, 0.15) is 5.75 Å². The Morgan fingerprint density at radius 3 is 1.58 bits per heavy atom. The molecule has 0 saturated heterocycles. The van der Waals surface area contributed by atoms with Crippen LogP contribution in [0.25, 0.3) is 0 Å². The van der Waals surface area contributed by atoms with Crippen LogP contribution in [-0.2, 0) is 10.8 Å². The molecule has 0 amide bonds. The summed E-state index contributed by atoms with van der Waals surface area (Å²) in [6.45, 7) is 14.4. The van der Waals surface area contributed by atoms with E-state index < -0.39 is 6.10 Å². The van der Waals surface area contributed by atoms with Gasteiger partial charge in [0.05, 0.1) is 6.10 Å². The quantitative estimate of drug-likeness (QED) is 0.829. The Kier molecular flexibility index (Phi) is 4.36. The van der Waals surface area contributed by atoms with Crippen molar-refractivity contribution in [1.82, 2.24) is 0 Å². The van der Waals surface area contributed by atoms with Gasteiger partial charge in [-0.25, -0.2) is 0 Å². The molecule has 2 heteroatoms. The topological polar surface area (TPSA) is 40.5 Å². The molecule has 1 atom stereocenters. The van der Waals surface area contributed by atoms with E-state index >= 15 is 0 Å². The smallest absolute Gasteiger partial charge is 0.123 e. The lowest BCUT2D eigenvalue weighted by atomic mass is 9.78. The van der Waals surface area contributed by atoms with Crippen molar-refractivity contribution in [1.29, 1.82) is 0 Å². The van der Waals surface area contributed by atoms with Crippen LogP contribution in [0.1, 0.15) is 77.7 Å². The number of hydrogen-bond acceptors (Lipinski definition) is 2. The summed E-state index contributed by atoms with van der Waals surface area (Å²) < 4.78 is 0. The number of phenols is 1. The molecule has 2 N–H and O–H groups in total. The summed E-state index contributed by atoms with van der Waals surface area (Å²) in [5.41, 5.74) is 2.42. The van der Waals surface area contributed by atoms with Crippen molar-refractivity contribution in [2.24, 2.45) is 0 Å². The minimum Gasteiger partial charge on any atom is -0.507 e. The molecule has 19 heavy (non-hydrogen) atoms. The summed E-state index contributed by atoms with van der Waals surface area (Å²) >= 11 is 0. The zero-order chi connectivity index (χ0) is 15.0. The lowest BCUT2D eigenvalue weighted by molar-refractivity contribution is 0.173. The van der Waals surface area contributed by atoms with Gasteiger partial charge in [-0.3, -0.25) is 0 Å². The summed E-state index contributed by atoms with van der Waals surface area (Å²) in [4.78, 5) is 0. The SMILES string of the molecule is CCC(O)c1cc(C(C)(C)C)c(O)c(C(C)(C)C)c1. The summed E-state index contributed by atoms with van der Waals surface area (Å²) in [5.74, 6) is 0.368. The van der Waals surface area contributed by atoms with Crippen molar-refractivity contribution in [2.75, 3.05) is 0 Å². The molecule has 1 rings (SSSR count). The van der Waals surface area contributed by atoms with Gasteiger partial charge < -0.3 is 10.2 Å². The van der Waals surface area contributed by atoms with Crippen molar-refractivity contribution in [3.63, 3.8) is 0 Å². The second-order valence-electron chi connectivity index (χ2n) is 7.39. The summed E-state index contributed by atoms with van der Waals surface area (Å²) in [7, 11) is 0. The third-order valence-electron chi connectivity index (χ3n) is 3.52. The van der Waals surface area contributed by atoms with Crippen molar-refractivity contribution >= 4 is 0 Å². The van der Waals surface area contributed by atoms with E-state index in [-0.39, 0.29) is 10.8 Å². The zero-order valence-corrected chi connectivity index (χ0v) is 13.3. The largest absolute Gasteiger partial charge is 0.507 e. The van der Waals surface area contributed by atoms with Crippen LogP contribution < -0.4 is 0 Å². The second kappa shape index (κ2) is 5.16. The van der Waals surface area contributed by atoms with Crippen LogP contribution in [0.15, 0.2) is 12.1 Å². The van der Waals surface area contributed by atoms with E-state index in [0.717, 1.165) is 16.7 Å². The van der Waals surface area contributed by atoms with E-state index in [2.05, 4.69) is 41.5 Å². The molecule has 0 radical (unpaired) electrons. The third kappa shape index (κ3) is 3.50. The lowest BCUT2D eigenvalue weighted by Crippen LogP contribution is -2.18. The van der Waals surface area contributed by atoms with E-state index in [9.17, 15) is 10.2 Å². The van der Waals surface area contributed by atoms with Gasteiger partial charge in [-0.1, -0.05) is 48.5 Å². The molecule has 0 spiro atoms. The molecule has 0 heterocycles. The summed E-state index contributed by atoms with van der Waals surface area (Å²) in [6, 6.07) is 3.89. The number of aliphatic hydroxyl groups excluding tert-OH is 1. The maximum Gasteiger partial charge on any atom is 0.123 e. The average Bonchev–Trinajstić information content (AvgIpc) is 2.25. The van der Waals surface area contributed by atoms with Gasteiger partial charge in [-0.15, -0.1) is 0 Å². The highest BCUT2D eigenvalue weighted by atomic mass is 16.3. The van der Waals surface area contributed by atoms with Gasteiger partial charge in [-0.2, -0.15) is 0 Å².